The van der Waals surface area contributed by atoms with Crippen LogP contribution in [0.1, 0.15) is 24.3 Å². The van der Waals surface area contributed by atoms with Gasteiger partial charge in [-0.1, -0.05) is 0 Å². The number of aromatic nitrogens is 1. The third-order valence-electron chi connectivity index (χ3n) is 2.16. The molecule has 0 saturated carbocycles. The zero-order chi connectivity index (χ0) is 11.6. The van der Waals surface area contributed by atoms with E-state index in [0.29, 0.717) is 6.61 Å². The first kappa shape index (κ1) is 12.3. The van der Waals surface area contributed by atoms with Gasteiger partial charge in [0, 0.05) is 17.8 Å². The summed E-state index contributed by atoms with van der Waals surface area (Å²) < 4.78 is 7.53. The summed E-state index contributed by atoms with van der Waals surface area (Å²) in [5, 5.41) is 9.03. The smallest absolute Gasteiger partial charge is 0.352 e. The standard InChI is InChI=1S/C10H14BrNO3/c1-10(2,6-15-3)12-5-7(11)4-8(12)9(13)14/h4-5H,6H2,1-3H3,(H,13,14). The van der Waals surface area contributed by atoms with E-state index in [0.717, 1.165) is 4.47 Å². The van der Waals surface area contributed by atoms with Crippen LogP contribution in [0.3, 0.4) is 0 Å². The Labute approximate surface area is 97.0 Å². The summed E-state index contributed by atoms with van der Waals surface area (Å²) in [5.41, 5.74) is -0.127. The van der Waals surface area contributed by atoms with Crippen LogP contribution in [0.4, 0.5) is 0 Å². The van der Waals surface area contributed by atoms with Gasteiger partial charge in [0.2, 0.25) is 0 Å². The van der Waals surface area contributed by atoms with E-state index in [1.165, 1.54) is 0 Å². The molecule has 0 aliphatic rings. The van der Waals surface area contributed by atoms with Gasteiger partial charge in [0.25, 0.3) is 0 Å². The van der Waals surface area contributed by atoms with Crippen LogP contribution in [0.25, 0.3) is 0 Å². The van der Waals surface area contributed by atoms with Gasteiger partial charge in [-0.15, -0.1) is 0 Å². The lowest BCUT2D eigenvalue weighted by atomic mass is 10.1. The van der Waals surface area contributed by atoms with E-state index in [4.69, 9.17) is 9.84 Å². The Balaban J connectivity index is 3.17. The highest BCUT2D eigenvalue weighted by molar-refractivity contribution is 9.10. The van der Waals surface area contributed by atoms with Crippen molar-refractivity contribution in [1.82, 2.24) is 4.57 Å². The molecule has 0 aromatic carbocycles. The largest absolute Gasteiger partial charge is 0.477 e. The normalized spacial score (nSPS) is 11.7. The number of nitrogens with zero attached hydrogens (tertiary/aromatic N) is 1. The lowest BCUT2D eigenvalue weighted by Gasteiger charge is -2.27. The summed E-state index contributed by atoms with van der Waals surface area (Å²) in [7, 11) is 1.60. The molecule has 1 rings (SSSR count). The minimum absolute atomic E-state index is 0.254. The number of methoxy groups -OCH3 is 1. The second-order valence-electron chi connectivity index (χ2n) is 3.96. The van der Waals surface area contributed by atoms with Gasteiger partial charge in [0.1, 0.15) is 5.69 Å². The number of rotatable bonds is 4. The maximum atomic E-state index is 11.0. The maximum Gasteiger partial charge on any atom is 0.352 e. The van der Waals surface area contributed by atoms with E-state index in [9.17, 15) is 4.79 Å². The van der Waals surface area contributed by atoms with Crippen molar-refractivity contribution >= 4 is 21.9 Å². The molecule has 15 heavy (non-hydrogen) atoms. The minimum Gasteiger partial charge on any atom is -0.477 e. The van der Waals surface area contributed by atoms with Crippen molar-refractivity contribution in [2.45, 2.75) is 19.4 Å². The molecule has 5 heteroatoms. The average molecular weight is 276 g/mol. The van der Waals surface area contributed by atoms with Crippen LogP contribution >= 0.6 is 15.9 Å². The summed E-state index contributed by atoms with van der Waals surface area (Å²) in [5.74, 6) is -0.940. The highest BCUT2D eigenvalue weighted by Gasteiger charge is 2.25. The summed E-state index contributed by atoms with van der Waals surface area (Å²) in [4.78, 5) is 11.0. The molecule has 0 unspecified atom stereocenters. The highest BCUT2D eigenvalue weighted by atomic mass is 79.9. The second-order valence-corrected chi connectivity index (χ2v) is 4.88. The number of halogens is 1. The molecule has 0 radical (unpaired) electrons. The molecule has 0 fully saturated rings. The van der Waals surface area contributed by atoms with Gasteiger partial charge in [-0.05, 0) is 35.8 Å². The summed E-state index contributed by atoms with van der Waals surface area (Å²) in [6.45, 7) is 4.30. The van der Waals surface area contributed by atoms with Crippen molar-refractivity contribution in [3.8, 4) is 0 Å². The van der Waals surface area contributed by atoms with Crippen LogP contribution in [-0.4, -0.2) is 29.4 Å². The number of carbonyl (C=O) groups is 1. The third kappa shape index (κ3) is 2.60. The number of ether oxygens (including phenoxy) is 1. The molecule has 1 N–H and O–H groups in total. The molecule has 1 aromatic heterocycles. The first-order valence-electron chi connectivity index (χ1n) is 4.49. The molecule has 1 aromatic rings. The quantitative estimate of drug-likeness (QED) is 0.918. The fraction of sp³-hybridized carbons (Fsp3) is 0.500. The Morgan fingerprint density at radius 1 is 1.67 bits per heavy atom. The number of carboxylic acid groups (broad SMARTS) is 1. The molecule has 0 bridgehead atoms. The molecule has 0 amide bonds. The SMILES string of the molecule is COCC(C)(C)n1cc(Br)cc1C(=O)O. The van der Waals surface area contributed by atoms with Gasteiger partial charge in [-0.3, -0.25) is 0 Å². The molecular weight excluding hydrogens is 262 g/mol. The Morgan fingerprint density at radius 2 is 2.27 bits per heavy atom. The van der Waals surface area contributed by atoms with E-state index in [1.807, 2.05) is 13.8 Å². The lowest BCUT2D eigenvalue weighted by Crippen LogP contribution is -2.33. The fourth-order valence-electron chi connectivity index (χ4n) is 1.52. The first-order chi connectivity index (χ1) is 6.88. The van der Waals surface area contributed by atoms with Crippen LogP contribution in [-0.2, 0) is 10.3 Å². The van der Waals surface area contributed by atoms with E-state index in [1.54, 1.807) is 23.9 Å². The zero-order valence-corrected chi connectivity index (χ0v) is 10.5. The van der Waals surface area contributed by atoms with Crippen molar-refractivity contribution in [2.24, 2.45) is 0 Å². The summed E-state index contributed by atoms with van der Waals surface area (Å²) >= 11 is 3.27. The van der Waals surface area contributed by atoms with Crippen LogP contribution in [0.15, 0.2) is 16.7 Å². The topological polar surface area (TPSA) is 51.5 Å². The molecule has 4 nitrogen and oxygen atoms in total. The molecule has 0 aliphatic carbocycles. The monoisotopic (exact) mass is 275 g/mol. The van der Waals surface area contributed by atoms with Crippen molar-refractivity contribution in [3.63, 3.8) is 0 Å². The van der Waals surface area contributed by atoms with E-state index in [-0.39, 0.29) is 11.2 Å². The number of hydrogen-bond donors (Lipinski definition) is 1. The molecule has 0 atom stereocenters. The van der Waals surface area contributed by atoms with Gasteiger partial charge >= 0.3 is 5.97 Å². The highest BCUT2D eigenvalue weighted by Crippen LogP contribution is 2.24. The lowest BCUT2D eigenvalue weighted by molar-refractivity contribution is 0.0654. The van der Waals surface area contributed by atoms with Gasteiger partial charge < -0.3 is 14.4 Å². The number of aromatic carboxylic acids is 1. The van der Waals surface area contributed by atoms with E-state index >= 15 is 0 Å². The predicted molar refractivity (Wildman–Crippen MR) is 60.3 cm³/mol. The molecule has 0 aliphatic heterocycles. The van der Waals surface area contributed by atoms with Crippen LogP contribution in [0.5, 0.6) is 0 Å². The first-order valence-corrected chi connectivity index (χ1v) is 5.28. The molecule has 84 valence electrons. The van der Waals surface area contributed by atoms with Crippen molar-refractivity contribution in [2.75, 3.05) is 13.7 Å². The van der Waals surface area contributed by atoms with Crippen LogP contribution in [0, 0.1) is 0 Å². The number of carboxylic acids is 1. The average Bonchev–Trinajstić information content (AvgIpc) is 2.47. The molecule has 0 spiro atoms. The summed E-state index contributed by atoms with van der Waals surface area (Å²) in [6.07, 6.45) is 1.75. The minimum atomic E-state index is -0.940. The zero-order valence-electron chi connectivity index (χ0n) is 8.95. The van der Waals surface area contributed by atoms with Crippen molar-refractivity contribution in [1.29, 1.82) is 0 Å². The van der Waals surface area contributed by atoms with E-state index in [2.05, 4.69) is 15.9 Å². The van der Waals surface area contributed by atoms with Gasteiger partial charge in [0.15, 0.2) is 0 Å². The van der Waals surface area contributed by atoms with Gasteiger partial charge in [0.05, 0.1) is 12.1 Å². The molecule has 0 saturated heterocycles. The Kier molecular flexibility index (Phi) is 3.57. The van der Waals surface area contributed by atoms with Gasteiger partial charge in [-0.25, -0.2) is 4.79 Å². The molecule has 1 heterocycles. The fourth-order valence-corrected chi connectivity index (χ4v) is 1.94. The van der Waals surface area contributed by atoms with Crippen molar-refractivity contribution in [3.05, 3.63) is 22.4 Å². The Morgan fingerprint density at radius 3 is 2.73 bits per heavy atom. The van der Waals surface area contributed by atoms with E-state index < -0.39 is 5.97 Å². The van der Waals surface area contributed by atoms with Crippen LogP contribution < -0.4 is 0 Å². The third-order valence-corrected chi connectivity index (χ3v) is 2.59. The van der Waals surface area contributed by atoms with Crippen LogP contribution in [0.2, 0.25) is 0 Å². The number of hydrogen-bond acceptors (Lipinski definition) is 2. The maximum absolute atomic E-state index is 11.0. The molecular formula is C10H14BrNO3. The predicted octanol–water partition coefficient (Wildman–Crippen LogP) is 2.33. The summed E-state index contributed by atoms with van der Waals surface area (Å²) in [6, 6.07) is 1.58. The van der Waals surface area contributed by atoms with Gasteiger partial charge in [-0.2, -0.15) is 0 Å². The Bertz CT molecular complexity index is 371. The Hall–Kier alpha value is -0.810. The van der Waals surface area contributed by atoms with Crippen molar-refractivity contribution < 1.29 is 14.6 Å². The second kappa shape index (κ2) is 4.37.